The largest absolute Gasteiger partial charge is 0.484 e. The van der Waals surface area contributed by atoms with E-state index in [0.29, 0.717) is 28.8 Å². The van der Waals surface area contributed by atoms with Crippen LogP contribution in [0.25, 0.3) is 0 Å². The molecule has 0 saturated heterocycles. The molecule has 2 aromatic carbocycles. The number of hydrogen-bond donors (Lipinski definition) is 2. The van der Waals surface area contributed by atoms with E-state index in [9.17, 15) is 9.59 Å². The molecule has 0 spiro atoms. The zero-order valence-electron chi connectivity index (χ0n) is 18.0. The molecule has 0 radical (unpaired) electrons. The van der Waals surface area contributed by atoms with Crippen molar-refractivity contribution in [3.8, 4) is 5.75 Å². The van der Waals surface area contributed by atoms with Crippen LogP contribution < -0.4 is 15.4 Å². The fourth-order valence-electron chi connectivity index (χ4n) is 3.06. The van der Waals surface area contributed by atoms with E-state index in [0.717, 1.165) is 4.47 Å². The molecule has 0 fully saturated rings. The fourth-order valence-corrected chi connectivity index (χ4v) is 3.78. The second kappa shape index (κ2) is 10.6. The molecule has 2 amide bonds. The van der Waals surface area contributed by atoms with Gasteiger partial charge in [0.1, 0.15) is 18.1 Å². The summed E-state index contributed by atoms with van der Waals surface area (Å²) in [5.74, 6) is 0.0499. The predicted molar refractivity (Wildman–Crippen MR) is 132 cm³/mol. The summed E-state index contributed by atoms with van der Waals surface area (Å²) in [5, 5.41) is 10.2. The standard InChI is InChI=1S/C24H20BrClN4O4/c1-2-30-13-19(22(29-30)24(32)27-16-6-4-3-5-7-16)28-23(31)21-11-9-17(34-21)14-33-20-10-8-15(25)12-18(20)26/h3-13H,2,14H2,1H3,(H,27,32)(H,28,31). The molecule has 0 bridgehead atoms. The van der Waals surface area contributed by atoms with Crippen molar-refractivity contribution in [3.63, 3.8) is 0 Å². The van der Waals surface area contributed by atoms with Gasteiger partial charge in [-0.1, -0.05) is 45.7 Å². The first kappa shape index (κ1) is 23.6. The Kier molecular flexibility index (Phi) is 7.34. The van der Waals surface area contributed by atoms with Crippen LogP contribution in [0.3, 0.4) is 0 Å². The van der Waals surface area contributed by atoms with Crippen molar-refractivity contribution >= 4 is 50.7 Å². The van der Waals surface area contributed by atoms with E-state index in [1.807, 2.05) is 31.2 Å². The SMILES string of the molecule is CCn1cc(NC(=O)c2ccc(COc3ccc(Br)cc3Cl)o2)c(C(=O)Nc2ccccc2)n1. The Morgan fingerprint density at radius 1 is 1.09 bits per heavy atom. The minimum Gasteiger partial charge on any atom is -0.484 e. The Hall–Kier alpha value is -3.56. The van der Waals surface area contributed by atoms with Gasteiger partial charge in [-0.25, -0.2) is 0 Å². The van der Waals surface area contributed by atoms with Crippen LogP contribution in [0.15, 0.2) is 75.8 Å². The quantitative estimate of drug-likeness (QED) is 0.284. The number of halogens is 2. The summed E-state index contributed by atoms with van der Waals surface area (Å²) >= 11 is 9.50. The average Bonchev–Trinajstić information content (AvgIpc) is 3.46. The predicted octanol–water partition coefficient (Wildman–Crippen LogP) is 6.00. The number of anilines is 2. The van der Waals surface area contributed by atoms with Crippen molar-refractivity contribution in [2.45, 2.75) is 20.1 Å². The van der Waals surface area contributed by atoms with Crippen molar-refractivity contribution in [1.29, 1.82) is 0 Å². The fraction of sp³-hybridized carbons (Fsp3) is 0.125. The monoisotopic (exact) mass is 542 g/mol. The van der Waals surface area contributed by atoms with Crippen LogP contribution in [0, 0.1) is 0 Å². The van der Waals surface area contributed by atoms with Crippen LogP contribution in [0.1, 0.15) is 33.7 Å². The summed E-state index contributed by atoms with van der Waals surface area (Å²) in [6.45, 7) is 2.50. The summed E-state index contributed by atoms with van der Waals surface area (Å²) in [6, 6.07) is 17.4. The van der Waals surface area contributed by atoms with Crippen molar-refractivity contribution in [3.05, 3.63) is 93.6 Å². The first-order chi connectivity index (χ1) is 16.4. The number of amides is 2. The highest BCUT2D eigenvalue weighted by Gasteiger charge is 2.21. The Morgan fingerprint density at radius 3 is 2.62 bits per heavy atom. The zero-order valence-corrected chi connectivity index (χ0v) is 20.4. The number of carbonyl (C=O) groups excluding carboxylic acids is 2. The third-order valence-corrected chi connectivity index (χ3v) is 5.52. The lowest BCUT2D eigenvalue weighted by molar-refractivity contribution is 0.0992. The number of nitrogens with one attached hydrogen (secondary N) is 2. The lowest BCUT2D eigenvalue weighted by atomic mass is 10.3. The molecule has 0 atom stereocenters. The first-order valence-corrected chi connectivity index (χ1v) is 11.5. The van der Waals surface area contributed by atoms with Gasteiger partial charge in [-0.2, -0.15) is 5.10 Å². The van der Waals surface area contributed by atoms with E-state index in [-0.39, 0.29) is 23.7 Å². The van der Waals surface area contributed by atoms with Gasteiger partial charge in [-0.15, -0.1) is 0 Å². The van der Waals surface area contributed by atoms with Gasteiger partial charge in [0.15, 0.2) is 11.5 Å². The van der Waals surface area contributed by atoms with Crippen LogP contribution >= 0.6 is 27.5 Å². The molecule has 8 nitrogen and oxygen atoms in total. The molecule has 34 heavy (non-hydrogen) atoms. The van der Waals surface area contributed by atoms with Crippen LogP contribution in [-0.4, -0.2) is 21.6 Å². The van der Waals surface area contributed by atoms with Gasteiger partial charge in [0.05, 0.1) is 10.7 Å². The molecule has 0 aliphatic heterocycles. The van der Waals surface area contributed by atoms with E-state index < -0.39 is 11.8 Å². The first-order valence-electron chi connectivity index (χ1n) is 10.3. The van der Waals surface area contributed by atoms with E-state index >= 15 is 0 Å². The molecule has 0 saturated carbocycles. The topological polar surface area (TPSA) is 98.4 Å². The molecule has 10 heteroatoms. The van der Waals surface area contributed by atoms with Crippen LogP contribution in [0.2, 0.25) is 5.02 Å². The maximum Gasteiger partial charge on any atom is 0.291 e. The van der Waals surface area contributed by atoms with Crippen LogP contribution in [-0.2, 0) is 13.2 Å². The normalized spacial score (nSPS) is 10.7. The van der Waals surface area contributed by atoms with E-state index in [1.54, 1.807) is 41.2 Å². The molecular formula is C24H20BrClN4O4. The Labute approximate surface area is 209 Å². The summed E-state index contributed by atoms with van der Waals surface area (Å²) < 4.78 is 13.7. The number of benzene rings is 2. The second-order valence-electron chi connectivity index (χ2n) is 7.15. The molecular weight excluding hydrogens is 524 g/mol. The Balaban J connectivity index is 1.44. The summed E-state index contributed by atoms with van der Waals surface area (Å²) in [6.07, 6.45) is 1.60. The Morgan fingerprint density at radius 2 is 1.88 bits per heavy atom. The van der Waals surface area contributed by atoms with Gasteiger partial charge in [0.2, 0.25) is 0 Å². The summed E-state index contributed by atoms with van der Waals surface area (Å²) in [7, 11) is 0. The minimum atomic E-state index is -0.516. The van der Waals surface area contributed by atoms with Gasteiger partial charge < -0.3 is 19.8 Å². The van der Waals surface area contributed by atoms with Crippen molar-refractivity contribution in [1.82, 2.24) is 9.78 Å². The maximum absolute atomic E-state index is 12.8. The molecule has 2 N–H and O–H groups in total. The highest BCUT2D eigenvalue weighted by Crippen LogP contribution is 2.28. The average molecular weight is 544 g/mol. The van der Waals surface area contributed by atoms with Gasteiger partial charge in [-0.3, -0.25) is 14.3 Å². The van der Waals surface area contributed by atoms with E-state index in [4.69, 9.17) is 20.8 Å². The molecule has 4 aromatic rings. The van der Waals surface area contributed by atoms with Gasteiger partial charge in [0.25, 0.3) is 11.8 Å². The number of rotatable bonds is 8. The molecule has 2 aromatic heterocycles. The van der Waals surface area contributed by atoms with Crippen LogP contribution in [0.4, 0.5) is 11.4 Å². The van der Waals surface area contributed by atoms with Gasteiger partial charge >= 0.3 is 0 Å². The number of nitrogens with zero attached hydrogens (tertiary/aromatic N) is 2. The van der Waals surface area contributed by atoms with Crippen molar-refractivity contribution in [2.75, 3.05) is 10.6 Å². The molecule has 0 aliphatic carbocycles. The summed E-state index contributed by atoms with van der Waals surface area (Å²) in [5.41, 5.74) is 0.993. The maximum atomic E-state index is 12.8. The highest BCUT2D eigenvalue weighted by atomic mass is 79.9. The van der Waals surface area contributed by atoms with E-state index in [2.05, 4.69) is 31.7 Å². The smallest absolute Gasteiger partial charge is 0.291 e. The second-order valence-corrected chi connectivity index (χ2v) is 8.47. The number of ether oxygens (including phenoxy) is 1. The molecule has 2 heterocycles. The number of furan rings is 1. The molecule has 174 valence electrons. The van der Waals surface area contributed by atoms with Gasteiger partial charge in [-0.05, 0) is 49.4 Å². The zero-order chi connectivity index (χ0) is 24.1. The van der Waals surface area contributed by atoms with Gasteiger partial charge in [0, 0.05) is 22.9 Å². The number of carbonyl (C=O) groups is 2. The third-order valence-electron chi connectivity index (χ3n) is 4.73. The summed E-state index contributed by atoms with van der Waals surface area (Å²) in [4.78, 5) is 25.5. The third kappa shape index (κ3) is 5.67. The lowest BCUT2D eigenvalue weighted by Crippen LogP contribution is -2.17. The number of hydrogen-bond acceptors (Lipinski definition) is 5. The highest BCUT2D eigenvalue weighted by molar-refractivity contribution is 9.10. The van der Waals surface area contributed by atoms with Crippen LogP contribution in [0.5, 0.6) is 5.75 Å². The minimum absolute atomic E-state index is 0.0687. The van der Waals surface area contributed by atoms with Crippen molar-refractivity contribution < 1.29 is 18.7 Å². The number of aryl methyl sites for hydroxylation is 1. The number of para-hydroxylation sites is 1. The molecule has 0 unspecified atom stereocenters. The lowest BCUT2D eigenvalue weighted by Gasteiger charge is -2.07. The molecule has 0 aliphatic rings. The number of aromatic nitrogens is 2. The Bertz CT molecular complexity index is 1320. The molecule has 4 rings (SSSR count). The van der Waals surface area contributed by atoms with Crippen molar-refractivity contribution in [2.24, 2.45) is 0 Å². The van der Waals surface area contributed by atoms with E-state index in [1.165, 1.54) is 6.07 Å².